The third kappa shape index (κ3) is 2.58. The Kier molecular flexibility index (Phi) is 4.22. The molecular weight excluding hydrogens is 404 g/mol. The van der Waals surface area contributed by atoms with Crippen LogP contribution in [0.25, 0.3) is 0 Å². The number of methoxy groups -OCH3 is 2. The molecule has 3 heterocycles. The van der Waals surface area contributed by atoms with Gasteiger partial charge in [0.15, 0.2) is 17.1 Å². The van der Waals surface area contributed by atoms with Crippen LogP contribution in [0, 0.1) is 0 Å². The Morgan fingerprint density at radius 1 is 1.13 bits per heavy atom. The number of carbonyl (C=O) groups excluding carboxylic acids is 1. The zero-order valence-electron chi connectivity index (χ0n) is 17.3. The minimum Gasteiger partial charge on any atom is -0.493 e. The number of benzene rings is 2. The van der Waals surface area contributed by atoms with E-state index in [1.54, 1.807) is 12.1 Å². The van der Waals surface area contributed by atoms with Crippen LogP contribution in [0.2, 0.25) is 0 Å². The first kappa shape index (κ1) is 19.7. The fraction of sp³-hybridized carbons (Fsp3) is 0.348. The van der Waals surface area contributed by atoms with Crippen LogP contribution < -0.4 is 23.7 Å². The second kappa shape index (κ2) is 6.63. The molecule has 0 aliphatic carbocycles. The van der Waals surface area contributed by atoms with Crippen LogP contribution in [0.15, 0.2) is 36.4 Å². The molecule has 8 heteroatoms. The van der Waals surface area contributed by atoms with Gasteiger partial charge in [0.1, 0.15) is 23.4 Å². The summed E-state index contributed by atoms with van der Waals surface area (Å²) in [5, 5.41) is 22.3. The second-order valence-electron chi connectivity index (χ2n) is 7.92. The zero-order valence-corrected chi connectivity index (χ0v) is 17.3. The molecule has 0 saturated heterocycles. The number of hydrogen-bond acceptors (Lipinski definition) is 8. The van der Waals surface area contributed by atoms with E-state index < -0.39 is 23.8 Å². The highest BCUT2D eigenvalue weighted by molar-refractivity contribution is 6.07. The average Bonchev–Trinajstić information content (AvgIpc) is 3.20. The van der Waals surface area contributed by atoms with Crippen LogP contribution in [0.5, 0.6) is 28.7 Å². The monoisotopic (exact) mass is 426 g/mol. The van der Waals surface area contributed by atoms with Gasteiger partial charge in [0.2, 0.25) is 18.2 Å². The fourth-order valence-corrected chi connectivity index (χ4v) is 4.42. The van der Waals surface area contributed by atoms with Crippen LogP contribution in [0.1, 0.15) is 28.4 Å². The van der Waals surface area contributed by atoms with E-state index in [9.17, 15) is 15.0 Å². The molecule has 0 spiro atoms. The maximum Gasteiger partial charge on any atom is 0.238 e. The van der Waals surface area contributed by atoms with Gasteiger partial charge in [-0.1, -0.05) is 6.58 Å². The van der Waals surface area contributed by atoms with Crippen LogP contribution in [-0.4, -0.2) is 48.7 Å². The highest BCUT2D eigenvalue weighted by Gasteiger charge is 2.60. The van der Waals surface area contributed by atoms with Crippen molar-refractivity contribution in [1.82, 2.24) is 0 Å². The molecule has 162 valence electrons. The topological polar surface area (TPSA) is 104 Å². The Bertz CT molecular complexity index is 1120. The van der Waals surface area contributed by atoms with Gasteiger partial charge in [-0.25, -0.2) is 0 Å². The largest absolute Gasteiger partial charge is 0.493 e. The summed E-state index contributed by atoms with van der Waals surface area (Å²) in [4.78, 5) is 13.6. The maximum absolute atomic E-state index is 13.6. The van der Waals surface area contributed by atoms with Gasteiger partial charge in [-0.2, -0.15) is 0 Å². The third-order valence-corrected chi connectivity index (χ3v) is 6.08. The Morgan fingerprint density at radius 2 is 1.84 bits per heavy atom. The molecule has 4 unspecified atom stereocenters. The number of hydrogen-bond donors (Lipinski definition) is 2. The number of Topliss-reactive ketones (excluding diaryl/α,β-unsaturated/α-hetero) is 1. The van der Waals surface area contributed by atoms with E-state index in [1.165, 1.54) is 26.4 Å². The molecule has 5 rings (SSSR count). The van der Waals surface area contributed by atoms with E-state index in [2.05, 4.69) is 6.58 Å². The van der Waals surface area contributed by atoms with Gasteiger partial charge >= 0.3 is 0 Å². The lowest BCUT2D eigenvalue weighted by Gasteiger charge is -2.45. The molecular formula is C23H22O8. The Morgan fingerprint density at radius 3 is 2.52 bits per heavy atom. The second-order valence-corrected chi connectivity index (χ2v) is 7.92. The molecule has 2 aromatic carbocycles. The number of aliphatic hydroxyl groups excluding tert-OH is 1. The molecule has 4 atom stereocenters. The molecule has 0 fully saturated rings. The molecule has 0 radical (unpaired) electrons. The lowest BCUT2D eigenvalue weighted by atomic mass is 9.76. The van der Waals surface area contributed by atoms with E-state index in [4.69, 9.17) is 23.7 Å². The standard InChI is InChI=1S/C23H22O8/c1-10(2)15-7-12-14(29-15)6-5-11-19(12)31-21-22(25)30-16-9-18(28-4)17(27-3)8-13(16)23(21,26)20(11)24/h5-6,8-9,15,21-22,25-26H,1,7H2,2-4H3. The van der Waals surface area contributed by atoms with Gasteiger partial charge < -0.3 is 33.9 Å². The highest BCUT2D eigenvalue weighted by atomic mass is 16.6. The number of ether oxygens (including phenoxy) is 5. The van der Waals surface area contributed by atoms with Gasteiger partial charge in [0.25, 0.3) is 0 Å². The van der Waals surface area contributed by atoms with Crippen molar-refractivity contribution in [3.8, 4) is 28.7 Å². The number of carbonyl (C=O) groups is 1. The normalized spacial score (nSPS) is 27.5. The Balaban J connectivity index is 1.67. The quantitative estimate of drug-likeness (QED) is 0.720. The summed E-state index contributed by atoms with van der Waals surface area (Å²) >= 11 is 0. The van der Waals surface area contributed by atoms with Gasteiger partial charge in [0, 0.05) is 23.6 Å². The lowest BCUT2D eigenvalue weighted by Crippen LogP contribution is -2.61. The number of aliphatic hydroxyl groups is 2. The van der Waals surface area contributed by atoms with E-state index in [-0.39, 0.29) is 28.7 Å². The molecule has 8 nitrogen and oxygen atoms in total. The van der Waals surface area contributed by atoms with Crippen LogP contribution >= 0.6 is 0 Å². The summed E-state index contributed by atoms with van der Waals surface area (Å²) in [5.74, 6) is 1.02. The maximum atomic E-state index is 13.6. The van der Waals surface area contributed by atoms with Gasteiger partial charge in [-0.05, 0) is 30.7 Å². The van der Waals surface area contributed by atoms with E-state index in [0.29, 0.717) is 29.2 Å². The summed E-state index contributed by atoms with van der Waals surface area (Å²) in [5.41, 5.74) is -0.294. The fourth-order valence-electron chi connectivity index (χ4n) is 4.42. The first-order valence-electron chi connectivity index (χ1n) is 9.82. The van der Waals surface area contributed by atoms with Crippen LogP contribution in [0.3, 0.4) is 0 Å². The number of ketones is 1. The first-order valence-corrected chi connectivity index (χ1v) is 9.82. The number of fused-ring (bicyclic) bond motifs is 6. The molecule has 2 aromatic rings. The molecule has 0 amide bonds. The zero-order chi connectivity index (χ0) is 22.1. The van der Waals surface area contributed by atoms with Gasteiger partial charge in [0.05, 0.1) is 19.8 Å². The van der Waals surface area contributed by atoms with Crippen molar-refractivity contribution in [2.75, 3.05) is 14.2 Å². The van der Waals surface area contributed by atoms with Crippen molar-refractivity contribution < 1.29 is 38.7 Å². The summed E-state index contributed by atoms with van der Waals surface area (Å²) < 4.78 is 28.1. The smallest absolute Gasteiger partial charge is 0.238 e. The minimum absolute atomic E-state index is 0.108. The lowest BCUT2D eigenvalue weighted by molar-refractivity contribution is -0.179. The minimum atomic E-state index is -2.18. The van der Waals surface area contributed by atoms with Gasteiger partial charge in [-0.15, -0.1) is 0 Å². The van der Waals surface area contributed by atoms with Crippen LogP contribution in [0.4, 0.5) is 0 Å². The molecule has 31 heavy (non-hydrogen) atoms. The molecule has 0 saturated carbocycles. The molecule has 3 aliphatic heterocycles. The van der Waals surface area contributed by atoms with E-state index >= 15 is 0 Å². The SMILES string of the molecule is C=C(C)C1Cc2c(ccc3c2OC2C(O)Oc4cc(OC)c(OC)cc4C2(O)C3=O)O1. The number of rotatable bonds is 3. The van der Waals surface area contributed by atoms with Crippen LogP contribution in [-0.2, 0) is 12.0 Å². The molecule has 2 N–H and O–H groups in total. The van der Waals surface area contributed by atoms with Crippen molar-refractivity contribution in [2.45, 2.75) is 37.4 Å². The van der Waals surface area contributed by atoms with Crippen molar-refractivity contribution in [1.29, 1.82) is 0 Å². The van der Waals surface area contributed by atoms with E-state index in [0.717, 1.165) is 5.57 Å². The summed E-state index contributed by atoms with van der Waals surface area (Å²) in [6.07, 6.45) is -2.73. The van der Waals surface area contributed by atoms with Gasteiger partial charge in [-0.3, -0.25) is 4.79 Å². The first-order chi connectivity index (χ1) is 14.8. The van der Waals surface area contributed by atoms with E-state index in [1.807, 2.05) is 6.92 Å². The molecule has 0 bridgehead atoms. The average molecular weight is 426 g/mol. The third-order valence-electron chi connectivity index (χ3n) is 6.08. The summed E-state index contributed by atoms with van der Waals surface area (Å²) in [6, 6.07) is 6.18. The molecule has 3 aliphatic rings. The molecule has 0 aromatic heterocycles. The van der Waals surface area contributed by atoms with Crippen molar-refractivity contribution in [2.24, 2.45) is 0 Å². The Hall–Kier alpha value is -3.23. The Labute approximate surface area is 178 Å². The van der Waals surface area contributed by atoms with Crippen molar-refractivity contribution in [3.63, 3.8) is 0 Å². The summed E-state index contributed by atoms with van der Waals surface area (Å²) in [7, 11) is 2.90. The van der Waals surface area contributed by atoms with Crippen molar-refractivity contribution >= 4 is 5.78 Å². The predicted molar refractivity (Wildman–Crippen MR) is 108 cm³/mol. The predicted octanol–water partition coefficient (Wildman–Crippen LogP) is 2.13. The summed E-state index contributed by atoms with van der Waals surface area (Å²) in [6.45, 7) is 5.80. The van der Waals surface area contributed by atoms with Crippen molar-refractivity contribution in [3.05, 3.63) is 53.1 Å². The highest BCUT2D eigenvalue weighted by Crippen LogP contribution is 2.52.